The first kappa shape index (κ1) is 16.5. The van der Waals surface area contributed by atoms with E-state index in [0.717, 1.165) is 37.7 Å². The van der Waals surface area contributed by atoms with E-state index in [9.17, 15) is 14.0 Å². The Morgan fingerprint density at radius 1 is 1.23 bits per heavy atom. The van der Waals surface area contributed by atoms with Gasteiger partial charge in [0, 0.05) is 12.1 Å². The molecule has 0 heterocycles. The van der Waals surface area contributed by atoms with Crippen molar-refractivity contribution in [2.75, 3.05) is 5.32 Å². The number of hydrogen-bond acceptors (Lipinski definition) is 2. The van der Waals surface area contributed by atoms with Crippen molar-refractivity contribution in [1.82, 2.24) is 0 Å². The van der Waals surface area contributed by atoms with E-state index < -0.39 is 17.2 Å². The van der Waals surface area contributed by atoms with Crippen molar-refractivity contribution in [3.63, 3.8) is 0 Å². The molecule has 1 aromatic carbocycles. The number of carboxylic acids is 1. The zero-order chi connectivity index (χ0) is 16.2. The van der Waals surface area contributed by atoms with Crippen LogP contribution in [0.5, 0.6) is 0 Å². The smallest absolute Gasteiger partial charge is 0.303 e. The van der Waals surface area contributed by atoms with Gasteiger partial charge in [0.05, 0.1) is 6.42 Å². The summed E-state index contributed by atoms with van der Waals surface area (Å²) in [6.45, 7) is 1.79. The van der Waals surface area contributed by atoms with Crippen LogP contribution in [0, 0.1) is 18.2 Å². The number of halogens is 1. The van der Waals surface area contributed by atoms with Gasteiger partial charge in [-0.15, -0.1) is 0 Å². The first-order chi connectivity index (χ1) is 10.4. The SMILES string of the molecule is Cc1ccc(F)cc1NC(=O)CC1(CC(=O)O)CCCCC1. The van der Waals surface area contributed by atoms with Crippen molar-refractivity contribution in [3.8, 4) is 0 Å². The van der Waals surface area contributed by atoms with Crippen molar-refractivity contribution >= 4 is 17.6 Å². The number of nitrogens with one attached hydrogen (secondary N) is 1. The molecule has 0 unspecified atom stereocenters. The molecule has 0 atom stereocenters. The van der Waals surface area contributed by atoms with Gasteiger partial charge < -0.3 is 10.4 Å². The molecule has 4 nitrogen and oxygen atoms in total. The monoisotopic (exact) mass is 307 g/mol. The highest BCUT2D eigenvalue weighted by Gasteiger charge is 2.36. The Kier molecular flexibility index (Phi) is 5.16. The van der Waals surface area contributed by atoms with Crippen LogP contribution in [-0.4, -0.2) is 17.0 Å². The number of aliphatic carboxylic acids is 1. The number of hydrogen-bond donors (Lipinski definition) is 2. The Bertz CT molecular complexity index is 565. The first-order valence-corrected chi connectivity index (χ1v) is 7.68. The second kappa shape index (κ2) is 6.90. The lowest BCUT2D eigenvalue weighted by Crippen LogP contribution is -2.32. The van der Waals surface area contributed by atoms with Crippen LogP contribution < -0.4 is 5.32 Å². The summed E-state index contributed by atoms with van der Waals surface area (Å²) >= 11 is 0. The predicted molar refractivity (Wildman–Crippen MR) is 82.2 cm³/mol. The molecule has 1 aliphatic rings. The van der Waals surface area contributed by atoms with E-state index >= 15 is 0 Å². The molecule has 1 fully saturated rings. The topological polar surface area (TPSA) is 66.4 Å². The summed E-state index contributed by atoms with van der Waals surface area (Å²) < 4.78 is 13.3. The van der Waals surface area contributed by atoms with Gasteiger partial charge in [-0.05, 0) is 42.9 Å². The van der Waals surface area contributed by atoms with Crippen LogP contribution in [0.4, 0.5) is 10.1 Å². The second-order valence-corrected chi connectivity index (χ2v) is 6.32. The van der Waals surface area contributed by atoms with E-state index in [1.165, 1.54) is 12.1 Å². The number of carboxylic acid groups (broad SMARTS) is 1. The molecule has 0 aliphatic heterocycles. The third-order valence-corrected chi connectivity index (χ3v) is 4.45. The summed E-state index contributed by atoms with van der Waals surface area (Å²) in [6, 6.07) is 4.24. The highest BCUT2D eigenvalue weighted by atomic mass is 19.1. The van der Waals surface area contributed by atoms with Crippen LogP contribution >= 0.6 is 0 Å². The van der Waals surface area contributed by atoms with Crippen LogP contribution in [0.15, 0.2) is 18.2 Å². The van der Waals surface area contributed by atoms with Gasteiger partial charge in [-0.3, -0.25) is 9.59 Å². The number of rotatable bonds is 5. The summed E-state index contributed by atoms with van der Waals surface area (Å²) in [7, 11) is 0. The minimum absolute atomic E-state index is 0.0164. The van der Waals surface area contributed by atoms with E-state index in [1.54, 1.807) is 13.0 Å². The van der Waals surface area contributed by atoms with E-state index in [4.69, 9.17) is 5.11 Å². The number of carbonyl (C=O) groups excluding carboxylic acids is 1. The lowest BCUT2D eigenvalue weighted by molar-refractivity contribution is -0.140. The molecule has 2 N–H and O–H groups in total. The molecule has 0 saturated heterocycles. The first-order valence-electron chi connectivity index (χ1n) is 7.68. The van der Waals surface area contributed by atoms with Gasteiger partial charge in [-0.1, -0.05) is 25.3 Å². The quantitative estimate of drug-likeness (QED) is 0.867. The maximum absolute atomic E-state index is 13.3. The summed E-state index contributed by atoms with van der Waals surface area (Å²) in [5, 5.41) is 11.9. The van der Waals surface area contributed by atoms with Gasteiger partial charge in [-0.25, -0.2) is 4.39 Å². The number of anilines is 1. The number of benzene rings is 1. The van der Waals surface area contributed by atoms with Crippen molar-refractivity contribution in [1.29, 1.82) is 0 Å². The fraction of sp³-hybridized carbons (Fsp3) is 0.529. The third kappa shape index (κ3) is 4.29. The van der Waals surface area contributed by atoms with E-state index in [-0.39, 0.29) is 18.7 Å². The van der Waals surface area contributed by atoms with Gasteiger partial charge in [-0.2, -0.15) is 0 Å². The Hall–Kier alpha value is -1.91. The molecule has 0 aromatic heterocycles. The molecule has 1 amide bonds. The molecule has 0 radical (unpaired) electrons. The van der Waals surface area contributed by atoms with E-state index in [2.05, 4.69) is 5.32 Å². The Labute approximate surface area is 129 Å². The van der Waals surface area contributed by atoms with E-state index in [0.29, 0.717) is 5.69 Å². The van der Waals surface area contributed by atoms with Gasteiger partial charge in [0.2, 0.25) is 5.91 Å². The minimum atomic E-state index is -0.864. The third-order valence-electron chi connectivity index (χ3n) is 4.45. The molecule has 5 heteroatoms. The Morgan fingerprint density at radius 2 is 1.91 bits per heavy atom. The molecule has 1 saturated carbocycles. The maximum atomic E-state index is 13.3. The highest BCUT2D eigenvalue weighted by molar-refractivity contribution is 5.92. The molecule has 1 aliphatic carbocycles. The molecule has 0 bridgehead atoms. The molecular weight excluding hydrogens is 285 g/mol. The molecular formula is C17H22FNO3. The van der Waals surface area contributed by atoms with Crippen LogP contribution in [0.3, 0.4) is 0 Å². The van der Waals surface area contributed by atoms with Crippen LogP contribution in [0.25, 0.3) is 0 Å². The zero-order valence-corrected chi connectivity index (χ0v) is 12.8. The molecule has 0 spiro atoms. The predicted octanol–water partition coefficient (Wildman–Crippen LogP) is 3.89. The van der Waals surface area contributed by atoms with Crippen molar-refractivity contribution < 1.29 is 19.1 Å². The minimum Gasteiger partial charge on any atom is -0.481 e. The average molecular weight is 307 g/mol. The maximum Gasteiger partial charge on any atom is 0.303 e. The van der Waals surface area contributed by atoms with Gasteiger partial charge in [0.1, 0.15) is 5.82 Å². The summed E-state index contributed by atoms with van der Waals surface area (Å²) in [6.07, 6.45) is 4.71. The lowest BCUT2D eigenvalue weighted by atomic mass is 9.69. The van der Waals surface area contributed by atoms with E-state index in [1.807, 2.05) is 0 Å². The summed E-state index contributed by atoms with van der Waals surface area (Å²) in [5.41, 5.74) is 0.770. The largest absolute Gasteiger partial charge is 0.481 e. The number of aryl methyl sites for hydroxylation is 1. The second-order valence-electron chi connectivity index (χ2n) is 6.32. The van der Waals surface area contributed by atoms with Gasteiger partial charge in [0.25, 0.3) is 0 Å². The fourth-order valence-corrected chi connectivity index (χ4v) is 3.30. The molecule has 120 valence electrons. The zero-order valence-electron chi connectivity index (χ0n) is 12.8. The number of carbonyl (C=O) groups is 2. The molecule has 2 rings (SSSR count). The van der Waals surface area contributed by atoms with Gasteiger partial charge in [0.15, 0.2) is 0 Å². The molecule has 22 heavy (non-hydrogen) atoms. The van der Waals surface area contributed by atoms with Crippen LogP contribution in [0.2, 0.25) is 0 Å². The average Bonchev–Trinajstić information content (AvgIpc) is 2.42. The van der Waals surface area contributed by atoms with Crippen LogP contribution in [-0.2, 0) is 9.59 Å². The lowest BCUT2D eigenvalue weighted by Gasteiger charge is -2.35. The fourth-order valence-electron chi connectivity index (χ4n) is 3.30. The van der Waals surface area contributed by atoms with Crippen molar-refractivity contribution in [3.05, 3.63) is 29.6 Å². The standard InChI is InChI=1S/C17H22FNO3/c1-12-5-6-13(18)9-14(12)19-15(20)10-17(11-16(21)22)7-3-2-4-8-17/h5-6,9H,2-4,7-8,10-11H2,1H3,(H,19,20)(H,21,22). The summed E-state index contributed by atoms with van der Waals surface area (Å²) in [5.74, 6) is -1.51. The number of amides is 1. The van der Waals surface area contributed by atoms with Gasteiger partial charge >= 0.3 is 5.97 Å². The highest BCUT2D eigenvalue weighted by Crippen LogP contribution is 2.42. The normalized spacial score (nSPS) is 17.0. The van der Waals surface area contributed by atoms with Crippen molar-refractivity contribution in [2.24, 2.45) is 5.41 Å². The Balaban J connectivity index is 2.07. The van der Waals surface area contributed by atoms with Crippen molar-refractivity contribution in [2.45, 2.75) is 51.9 Å². The van der Waals surface area contributed by atoms with Crippen LogP contribution in [0.1, 0.15) is 50.5 Å². The Morgan fingerprint density at radius 3 is 2.55 bits per heavy atom. The molecule has 1 aromatic rings. The summed E-state index contributed by atoms with van der Waals surface area (Å²) in [4.78, 5) is 23.4.